The Labute approximate surface area is 247 Å². The van der Waals surface area contributed by atoms with Gasteiger partial charge in [0.25, 0.3) is 15.9 Å². The number of hydrogen-bond acceptors (Lipinski definition) is 9. The number of fused-ring (bicyclic) bond motifs is 2. The van der Waals surface area contributed by atoms with Crippen molar-refractivity contribution in [2.75, 3.05) is 43.6 Å². The summed E-state index contributed by atoms with van der Waals surface area (Å²) in [6.45, 7) is 3.82. The third kappa shape index (κ3) is 6.10. The van der Waals surface area contributed by atoms with Crippen molar-refractivity contribution >= 4 is 44.7 Å². The number of ether oxygens (including phenoxy) is 3. The second-order valence-electron chi connectivity index (χ2n) is 10.2. The standard InChI is InChI=1S/C28H32N4O8S2/c1-17-13-32(18(2)15-33)27(34)20-6-4-7-21(30-42(36,37)25-8-5-11-41-25)26(20)40-24(17)14-31(3)28(35)29-19-9-10-22-23(12-19)39-16-38-22/h4-12,17-18,24,30,33H,13-16H2,1-3H3,(H,29,35)/t17-,18+,24+/m1/s1. The smallest absolute Gasteiger partial charge is 0.321 e. The maximum Gasteiger partial charge on any atom is 0.321 e. The van der Waals surface area contributed by atoms with E-state index >= 15 is 0 Å². The van der Waals surface area contributed by atoms with Crippen molar-refractivity contribution in [3.05, 3.63) is 59.5 Å². The molecule has 0 aliphatic carbocycles. The molecular formula is C28H32N4O8S2. The summed E-state index contributed by atoms with van der Waals surface area (Å²) in [4.78, 5) is 29.8. The fourth-order valence-electron chi connectivity index (χ4n) is 4.70. The summed E-state index contributed by atoms with van der Waals surface area (Å²) < 4.78 is 46.0. The maximum absolute atomic E-state index is 13.7. The summed E-state index contributed by atoms with van der Waals surface area (Å²) in [6.07, 6.45) is -0.648. The highest BCUT2D eigenvalue weighted by Crippen LogP contribution is 2.37. The molecule has 3 heterocycles. The molecule has 3 N–H and O–H groups in total. The number of nitrogens with zero attached hydrogens (tertiary/aromatic N) is 2. The number of carbonyl (C=O) groups excluding carboxylic acids is 2. The first-order chi connectivity index (χ1) is 20.1. The number of aliphatic hydroxyl groups is 1. The molecular weight excluding hydrogens is 584 g/mol. The average Bonchev–Trinajstić information content (AvgIpc) is 3.67. The van der Waals surface area contributed by atoms with E-state index in [4.69, 9.17) is 14.2 Å². The van der Waals surface area contributed by atoms with Gasteiger partial charge in [-0.15, -0.1) is 11.3 Å². The first-order valence-corrected chi connectivity index (χ1v) is 15.6. The number of amides is 3. The van der Waals surface area contributed by atoms with Gasteiger partial charge >= 0.3 is 6.03 Å². The van der Waals surface area contributed by atoms with Crippen LogP contribution in [0, 0.1) is 5.92 Å². The van der Waals surface area contributed by atoms with Gasteiger partial charge in [-0.2, -0.15) is 0 Å². The minimum Gasteiger partial charge on any atom is -0.485 e. The molecule has 12 nitrogen and oxygen atoms in total. The Kier molecular flexibility index (Phi) is 8.48. The Morgan fingerprint density at radius 1 is 1.19 bits per heavy atom. The van der Waals surface area contributed by atoms with Crippen LogP contribution in [-0.4, -0.2) is 80.9 Å². The number of para-hydroxylation sites is 1. The van der Waals surface area contributed by atoms with Gasteiger partial charge in [0.2, 0.25) is 6.79 Å². The maximum atomic E-state index is 13.7. The molecule has 5 rings (SSSR count). The third-order valence-corrected chi connectivity index (χ3v) is 9.88. The molecule has 0 saturated heterocycles. The SMILES string of the molecule is C[C@@H]1CN([C@@H](C)CO)C(=O)c2cccc(NS(=O)(=O)c3cccs3)c2O[C@H]1CN(C)C(=O)Nc1ccc2c(c1)OCO2. The lowest BCUT2D eigenvalue weighted by Crippen LogP contribution is -2.50. The van der Waals surface area contributed by atoms with Gasteiger partial charge in [0.1, 0.15) is 10.3 Å². The number of aliphatic hydroxyl groups excluding tert-OH is 1. The van der Waals surface area contributed by atoms with E-state index in [0.717, 1.165) is 11.3 Å². The molecule has 0 fully saturated rings. The zero-order valence-electron chi connectivity index (χ0n) is 23.3. The Hall–Kier alpha value is -4.01. The quantitative estimate of drug-likeness (QED) is 0.348. The fourth-order valence-corrected chi connectivity index (χ4v) is 6.75. The molecule has 3 amide bonds. The molecule has 42 heavy (non-hydrogen) atoms. The van der Waals surface area contributed by atoms with E-state index in [9.17, 15) is 23.1 Å². The number of sulfonamides is 1. The minimum absolute atomic E-state index is 0.0545. The van der Waals surface area contributed by atoms with Crippen LogP contribution in [0.15, 0.2) is 58.1 Å². The lowest BCUT2D eigenvalue weighted by atomic mass is 9.99. The molecule has 224 valence electrons. The molecule has 3 atom stereocenters. The number of urea groups is 1. The largest absolute Gasteiger partial charge is 0.485 e. The molecule has 14 heteroatoms. The van der Waals surface area contributed by atoms with Crippen LogP contribution in [0.4, 0.5) is 16.2 Å². The number of benzene rings is 2. The van der Waals surface area contributed by atoms with Crippen molar-refractivity contribution in [3.8, 4) is 17.2 Å². The van der Waals surface area contributed by atoms with Crippen LogP contribution in [0.3, 0.4) is 0 Å². The molecule has 0 spiro atoms. The van der Waals surface area contributed by atoms with Gasteiger partial charge in [-0.05, 0) is 42.6 Å². The van der Waals surface area contributed by atoms with E-state index in [2.05, 4.69) is 10.0 Å². The summed E-state index contributed by atoms with van der Waals surface area (Å²) in [7, 11) is -2.34. The summed E-state index contributed by atoms with van der Waals surface area (Å²) in [5, 5.41) is 14.4. The summed E-state index contributed by atoms with van der Waals surface area (Å²) in [5.74, 6) is 0.475. The minimum atomic E-state index is -3.95. The molecule has 0 unspecified atom stereocenters. The highest BCUT2D eigenvalue weighted by atomic mass is 32.2. The van der Waals surface area contributed by atoms with E-state index in [1.54, 1.807) is 60.6 Å². The highest BCUT2D eigenvalue weighted by Gasteiger charge is 2.35. The van der Waals surface area contributed by atoms with Crippen molar-refractivity contribution in [1.29, 1.82) is 0 Å². The Bertz CT molecular complexity index is 1560. The molecule has 3 aromatic rings. The second-order valence-corrected chi connectivity index (χ2v) is 13.1. The van der Waals surface area contributed by atoms with Gasteiger partial charge in [0.05, 0.1) is 30.4 Å². The van der Waals surface area contributed by atoms with Crippen molar-refractivity contribution in [2.24, 2.45) is 5.92 Å². The predicted octanol–water partition coefficient (Wildman–Crippen LogP) is 3.66. The summed E-state index contributed by atoms with van der Waals surface area (Å²) in [5.41, 5.74) is 0.760. The third-order valence-electron chi connectivity index (χ3n) is 7.12. The summed E-state index contributed by atoms with van der Waals surface area (Å²) in [6, 6.07) is 11.9. The lowest BCUT2D eigenvalue weighted by Gasteiger charge is -2.38. The topological polar surface area (TPSA) is 147 Å². The van der Waals surface area contributed by atoms with Crippen LogP contribution < -0.4 is 24.2 Å². The molecule has 2 aliphatic heterocycles. The van der Waals surface area contributed by atoms with Crippen LogP contribution in [0.2, 0.25) is 0 Å². The number of thiophene rings is 1. The van der Waals surface area contributed by atoms with E-state index in [1.807, 2.05) is 6.92 Å². The fraction of sp³-hybridized carbons (Fsp3) is 0.357. The number of anilines is 2. The monoisotopic (exact) mass is 616 g/mol. The van der Waals surface area contributed by atoms with Crippen LogP contribution in [-0.2, 0) is 10.0 Å². The van der Waals surface area contributed by atoms with Crippen LogP contribution in [0.5, 0.6) is 17.2 Å². The zero-order chi connectivity index (χ0) is 30.0. The van der Waals surface area contributed by atoms with E-state index in [0.29, 0.717) is 17.2 Å². The number of rotatable bonds is 8. The van der Waals surface area contributed by atoms with Gasteiger partial charge in [0.15, 0.2) is 17.2 Å². The number of likely N-dealkylation sites (N-methyl/N-ethyl adjacent to an activating group) is 1. The molecule has 2 aliphatic rings. The van der Waals surface area contributed by atoms with Crippen LogP contribution in [0.25, 0.3) is 0 Å². The normalized spacial score (nSPS) is 18.8. The predicted molar refractivity (Wildman–Crippen MR) is 157 cm³/mol. The lowest BCUT2D eigenvalue weighted by molar-refractivity contribution is 0.0373. The second kappa shape index (κ2) is 12.1. The van der Waals surface area contributed by atoms with Gasteiger partial charge in [-0.1, -0.05) is 19.1 Å². The van der Waals surface area contributed by atoms with Crippen molar-refractivity contribution in [3.63, 3.8) is 0 Å². The van der Waals surface area contributed by atoms with Crippen molar-refractivity contribution < 1.29 is 37.3 Å². The van der Waals surface area contributed by atoms with E-state index < -0.39 is 34.1 Å². The van der Waals surface area contributed by atoms with Crippen LogP contribution in [0.1, 0.15) is 24.2 Å². The molecule has 0 bridgehead atoms. The van der Waals surface area contributed by atoms with Crippen molar-refractivity contribution in [1.82, 2.24) is 9.80 Å². The van der Waals surface area contributed by atoms with Gasteiger partial charge in [-0.3, -0.25) is 9.52 Å². The number of nitrogens with one attached hydrogen (secondary N) is 2. The Balaban J connectivity index is 1.43. The van der Waals surface area contributed by atoms with Crippen molar-refractivity contribution in [2.45, 2.75) is 30.2 Å². The summed E-state index contributed by atoms with van der Waals surface area (Å²) >= 11 is 1.06. The van der Waals surface area contributed by atoms with Crippen LogP contribution >= 0.6 is 11.3 Å². The van der Waals surface area contributed by atoms with E-state index in [1.165, 1.54) is 17.0 Å². The first-order valence-electron chi connectivity index (χ1n) is 13.3. The Morgan fingerprint density at radius 3 is 2.71 bits per heavy atom. The zero-order valence-corrected chi connectivity index (χ0v) is 24.9. The number of carbonyl (C=O) groups is 2. The molecule has 1 aromatic heterocycles. The van der Waals surface area contributed by atoms with E-state index in [-0.39, 0.29) is 53.6 Å². The molecule has 0 radical (unpaired) electrons. The first kappa shape index (κ1) is 29.5. The van der Waals surface area contributed by atoms with Gasteiger partial charge in [0, 0.05) is 31.3 Å². The van der Waals surface area contributed by atoms with Gasteiger partial charge < -0.3 is 34.4 Å². The molecule has 0 saturated carbocycles. The van der Waals surface area contributed by atoms with Gasteiger partial charge in [-0.25, -0.2) is 13.2 Å². The Morgan fingerprint density at radius 2 is 1.98 bits per heavy atom. The number of hydrogen-bond donors (Lipinski definition) is 3. The highest BCUT2D eigenvalue weighted by molar-refractivity contribution is 7.94. The average molecular weight is 617 g/mol. The molecule has 2 aromatic carbocycles.